The Kier molecular flexibility index (Phi) is 5.68. The summed E-state index contributed by atoms with van der Waals surface area (Å²) in [6.45, 7) is 0. The summed E-state index contributed by atoms with van der Waals surface area (Å²) in [5.74, 6) is 0.873. The van der Waals surface area contributed by atoms with Crippen LogP contribution in [0, 0.1) is 0 Å². The molecule has 0 saturated heterocycles. The second-order valence-corrected chi connectivity index (χ2v) is 8.19. The molecule has 2 aromatic rings. The first-order chi connectivity index (χ1) is 14.1. The van der Waals surface area contributed by atoms with Crippen molar-refractivity contribution in [2.75, 3.05) is 21.2 Å². The molecule has 1 heterocycles. The van der Waals surface area contributed by atoms with Crippen LogP contribution in [-0.2, 0) is 0 Å². The lowest BCUT2D eigenvalue weighted by atomic mass is 9.99. The summed E-state index contributed by atoms with van der Waals surface area (Å²) < 4.78 is 7.44. The minimum absolute atomic E-state index is 0.873. The first-order valence-corrected chi connectivity index (χ1v) is 10.4. The molecular formula is C26H24NOS+. The third-order valence-electron chi connectivity index (χ3n) is 4.94. The number of allylic oxidation sites excluding steroid dienone is 8. The third kappa shape index (κ3) is 4.36. The third-order valence-corrected chi connectivity index (χ3v) is 6.09. The van der Waals surface area contributed by atoms with E-state index in [1.807, 2.05) is 23.9 Å². The predicted molar refractivity (Wildman–Crippen MR) is 125 cm³/mol. The number of rotatable bonds is 3. The van der Waals surface area contributed by atoms with Crippen molar-refractivity contribution in [1.29, 1.82) is 0 Å². The fourth-order valence-electron chi connectivity index (χ4n) is 3.26. The van der Waals surface area contributed by atoms with Crippen molar-refractivity contribution in [1.82, 2.24) is 0 Å². The van der Waals surface area contributed by atoms with E-state index in [4.69, 9.17) is 4.74 Å². The zero-order valence-corrected chi connectivity index (χ0v) is 17.7. The maximum absolute atomic E-state index is 5.32. The molecule has 1 aliphatic heterocycles. The van der Waals surface area contributed by atoms with Crippen LogP contribution in [0.1, 0.15) is 11.1 Å². The summed E-state index contributed by atoms with van der Waals surface area (Å²) in [6.07, 6.45) is 13.3. The molecule has 0 aromatic heterocycles. The zero-order chi connectivity index (χ0) is 20.2. The molecule has 0 unspecified atom stereocenters. The van der Waals surface area contributed by atoms with Gasteiger partial charge in [-0.05, 0) is 58.7 Å². The Labute approximate surface area is 176 Å². The molecule has 0 N–H and O–H groups in total. The van der Waals surface area contributed by atoms with Gasteiger partial charge in [0.15, 0.2) is 5.71 Å². The molecule has 0 saturated carbocycles. The van der Waals surface area contributed by atoms with Gasteiger partial charge in [-0.1, -0.05) is 54.2 Å². The Balaban J connectivity index is 1.79. The van der Waals surface area contributed by atoms with Gasteiger partial charge in [-0.25, -0.2) is 4.58 Å². The second kappa shape index (κ2) is 8.54. The highest BCUT2D eigenvalue weighted by Crippen LogP contribution is 2.45. The van der Waals surface area contributed by atoms with Gasteiger partial charge < -0.3 is 4.74 Å². The summed E-state index contributed by atoms with van der Waals surface area (Å²) in [6, 6.07) is 18.9. The van der Waals surface area contributed by atoms with Gasteiger partial charge in [-0.2, -0.15) is 0 Å². The van der Waals surface area contributed by atoms with Crippen molar-refractivity contribution in [3.8, 4) is 5.75 Å². The molecule has 144 valence electrons. The van der Waals surface area contributed by atoms with Crippen LogP contribution in [-0.4, -0.2) is 31.5 Å². The lowest BCUT2D eigenvalue weighted by molar-refractivity contribution is -0.462. The molecule has 4 rings (SSSR count). The van der Waals surface area contributed by atoms with E-state index in [1.54, 1.807) is 7.11 Å². The highest BCUT2D eigenvalue weighted by molar-refractivity contribution is 8.16. The molecule has 29 heavy (non-hydrogen) atoms. The van der Waals surface area contributed by atoms with Crippen LogP contribution in [0.5, 0.6) is 5.75 Å². The van der Waals surface area contributed by atoms with Crippen LogP contribution < -0.4 is 4.74 Å². The van der Waals surface area contributed by atoms with Crippen molar-refractivity contribution in [3.63, 3.8) is 0 Å². The quantitative estimate of drug-likeness (QED) is 0.592. The maximum Gasteiger partial charge on any atom is 0.199 e. The summed E-state index contributed by atoms with van der Waals surface area (Å²) >= 11 is 1.81. The van der Waals surface area contributed by atoms with Gasteiger partial charge in [0.1, 0.15) is 19.8 Å². The molecule has 0 bridgehead atoms. The van der Waals surface area contributed by atoms with E-state index >= 15 is 0 Å². The molecule has 0 radical (unpaired) electrons. The number of nitrogens with zero attached hydrogens (tertiary/aromatic N) is 1. The topological polar surface area (TPSA) is 12.2 Å². The van der Waals surface area contributed by atoms with Crippen LogP contribution in [0.4, 0.5) is 0 Å². The normalized spacial score (nSPS) is 15.9. The van der Waals surface area contributed by atoms with E-state index in [0.29, 0.717) is 0 Å². The highest BCUT2D eigenvalue weighted by atomic mass is 32.2. The number of ether oxygens (including phenoxy) is 1. The first kappa shape index (κ1) is 19.3. The fourth-order valence-corrected chi connectivity index (χ4v) is 4.38. The minimum Gasteiger partial charge on any atom is -0.497 e. The molecule has 3 heteroatoms. The van der Waals surface area contributed by atoms with Crippen LogP contribution in [0.15, 0.2) is 102 Å². The number of methoxy groups -OCH3 is 1. The molecule has 2 nitrogen and oxygen atoms in total. The number of thioether (sulfide) groups is 1. The molecule has 0 fully saturated rings. The first-order valence-electron chi connectivity index (χ1n) is 9.60. The summed E-state index contributed by atoms with van der Waals surface area (Å²) in [5, 5.41) is 0. The van der Waals surface area contributed by atoms with Crippen LogP contribution in [0.3, 0.4) is 0 Å². The van der Waals surface area contributed by atoms with Crippen LogP contribution in [0.2, 0.25) is 0 Å². The Morgan fingerprint density at radius 2 is 1.28 bits per heavy atom. The monoisotopic (exact) mass is 398 g/mol. The van der Waals surface area contributed by atoms with Gasteiger partial charge in [0.25, 0.3) is 0 Å². The predicted octanol–water partition coefficient (Wildman–Crippen LogP) is 5.96. The number of benzene rings is 2. The fraction of sp³-hybridized carbons (Fsp3) is 0.115. The van der Waals surface area contributed by atoms with Gasteiger partial charge in [0.2, 0.25) is 0 Å². The number of hydrogen-bond donors (Lipinski definition) is 0. The van der Waals surface area contributed by atoms with Crippen molar-refractivity contribution in [2.24, 2.45) is 0 Å². The molecule has 0 spiro atoms. The smallest absolute Gasteiger partial charge is 0.199 e. The average molecular weight is 399 g/mol. The van der Waals surface area contributed by atoms with E-state index < -0.39 is 0 Å². The van der Waals surface area contributed by atoms with Crippen molar-refractivity contribution in [2.45, 2.75) is 0 Å². The molecular weight excluding hydrogens is 374 g/mol. The summed E-state index contributed by atoms with van der Waals surface area (Å²) in [7, 11) is 5.83. The van der Waals surface area contributed by atoms with E-state index in [1.165, 1.54) is 37.8 Å². The second-order valence-electron chi connectivity index (χ2n) is 7.11. The Hall–Kier alpha value is -3.04. The molecule has 2 aliphatic rings. The SMILES string of the molecule is COc1ccc(C2=CC(=C3C=CC(=[N+](C)C)C=C3)C=C(c3ccccc3)S2)cc1. The molecule has 0 atom stereocenters. The minimum atomic E-state index is 0.873. The Morgan fingerprint density at radius 3 is 1.83 bits per heavy atom. The van der Waals surface area contributed by atoms with E-state index in [-0.39, 0.29) is 0 Å². The Morgan fingerprint density at radius 1 is 0.690 bits per heavy atom. The molecule has 1 aliphatic carbocycles. The summed E-state index contributed by atoms with van der Waals surface area (Å²) in [5.41, 5.74) is 6.07. The van der Waals surface area contributed by atoms with Crippen molar-refractivity contribution >= 4 is 27.3 Å². The van der Waals surface area contributed by atoms with Gasteiger partial charge in [-0.3, -0.25) is 0 Å². The van der Waals surface area contributed by atoms with Crippen LogP contribution in [0.25, 0.3) is 9.81 Å². The van der Waals surface area contributed by atoms with Gasteiger partial charge in [0, 0.05) is 22.0 Å². The van der Waals surface area contributed by atoms with Crippen molar-refractivity contribution < 1.29 is 9.31 Å². The Bertz CT molecular complexity index is 1080. The van der Waals surface area contributed by atoms with E-state index in [0.717, 1.165) is 5.75 Å². The van der Waals surface area contributed by atoms with Gasteiger partial charge >= 0.3 is 0 Å². The molecule has 0 amide bonds. The van der Waals surface area contributed by atoms with Crippen LogP contribution >= 0.6 is 11.8 Å². The molecule has 2 aromatic carbocycles. The summed E-state index contributed by atoms with van der Waals surface area (Å²) in [4.78, 5) is 2.49. The average Bonchev–Trinajstić information content (AvgIpc) is 2.79. The highest BCUT2D eigenvalue weighted by Gasteiger charge is 2.17. The van der Waals surface area contributed by atoms with E-state index in [9.17, 15) is 0 Å². The van der Waals surface area contributed by atoms with Gasteiger partial charge in [-0.15, -0.1) is 0 Å². The lowest BCUT2D eigenvalue weighted by Gasteiger charge is -2.19. The zero-order valence-electron chi connectivity index (χ0n) is 16.9. The maximum atomic E-state index is 5.32. The van der Waals surface area contributed by atoms with Gasteiger partial charge in [0.05, 0.1) is 7.11 Å². The standard InChI is InChI=1S/C26H24NOS/c1-27(2)23-13-9-19(10-14-23)22-17-25(20-7-5-4-6-8-20)29-26(18-22)21-11-15-24(28-3)16-12-21/h4-18H,1-3H3/q+1. The number of hydrogen-bond acceptors (Lipinski definition) is 2. The lowest BCUT2D eigenvalue weighted by Crippen LogP contribution is -2.10. The van der Waals surface area contributed by atoms with E-state index in [2.05, 4.69) is 97.6 Å². The largest absolute Gasteiger partial charge is 0.497 e. The van der Waals surface area contributed by atoms with Crippen molar-refractivity contribution in [3.05, 3.63) is 113 Å².